The van der Waals surface area contributed by atoms with Crippen molar-refractivity contribution in [1.29, 1.82) is 0 Å². The van der Waals surface area contributed by atoms with E-state index in [-0.39, 0.29) is 0 Å². The van der Waals surface area contributed by atoms with Gasteiger partial charge in [0.25, 0.3) is 0 Å². The van der Waals surface area contributed by atoms with Crippen LogP contribution in [0.25, 0.3) is 32.6 Å². The second-order valence-electron chi connectivity index (χ2n) is 17.0. The van der Waals surface area contributed by atoms with Gasteiger partial charge in [-0.15, -0.1) is 0 Å². The van der Waals surface area contributed by atoms with E-state index >= 15 is 0 Å². The summed E-state index contributed by atoms with van der Waals surface area (Å²) in [5.41, 5.74) is 18.6. The zero-order valence-corrected chi connectivity index (χ0v) is 33.1. The van der Waals surface area contributed by atoms with Crippen molar-refractivity contribution in [2.75, 3.05) is 0 Å². The van der Waals surface area contributed by atoms with Gasteiger partial charge >= 0.3 is 0 Å². The van der Waals surface area contributed by atoms with Gasteiger partial charge in [-0.25, -0.2) is 0 Å². The average molecular weight is 689 g/mol. The minimum absolute atomic E-state index is 0.747. The van der Waals surface area contributed by atoms with Crippen molar-refractivity contribution >= 4 is 18.5 Å². The van der Waals surface area contributed by atoms with Crippen LogP contribution in [-0.4, -0.2) is 8.07 Å². The first-order chi connectivity index (χ1) is 25.0. The van der Waals surface area contributed by atoms with E-state index in [0.29, 0.717) is 0 Å². The fraction of sp³-hybridized carbons (Fsp3) is 0.440. The Hall–Kier alpha value is -3.42. The summed E-state index contributed by atoms with van der Waals surface area (Å²) in [7, 11) is -2.18. The highest BCUT2D eigenvalue weighted by atomic mass is 28.3. The summed E-state index contributed by atoms with van der Waals surface area (Å²) >= 11 is 0. The van der Waals surface area contributed by atoms with E-state index in [0.717, 1.165) is 24.7 Å². The maximum atomic E-state index is 2.72. The van der Waals surface area contributed by atoms with E-state index in [9.17, 15) is 0 Å². The molecule has 4 aromatic carbocycles. The Morgan fingerprint density at radius 3 is 1.25 bits per heavy atom. The van der Waals surface area contributed by atoms with Crippen LogP contribution in [0.5, 0.6) is 0 Å². The molecule has 0 amide bonds. The smallest absolute Gasteiger partial charge is 0.0655 e. The van der Waals surface area contributed by atoms with Crippen LogP contribution in [0, 0.1) is 0 Å². The number of hydrogen-bond acceptors (Lipinski definition) is 0. The molecule has 0 radical (unpaired) electrons. The first-order valence-electron chi connectivity index (χ1n) is 20.9. The lowest BCUT2D eigenvalue weighted by molar-refractivity contribution is 0.443. The molecule has 51 heavy (non-hydrogen) atoms. The second-order valence-corrected chi connectivity index (χ2v) is 21.3. The Kier molecular flexibility index (Phi) is 10.1. The number of hydrogen-bond donors (Lipinski definition) is 0. The van der Waals surface area contributed by atoms with Crippen LogP contribution in [0.4, 0.5) is 0 Å². The molecule has 4 aromatic rings. The van der Waals surface area contributed by atoms with Gasteiger partial charge in [-0.1, -0.05) is 174 Å². The molecule has 0 unspecified atom stereocenters. The monoisotopic (exact) mass is 688 g/mol. The third-order valence-electron chi connectivity index (χ3n) is 13.3. The zero-order valence-electron chi connectivity index (χ0n) is 32.1. The zero-order chi connectivity index (χ0) is 35.0. The van der Waals surface area contributed by atoms with Crippen molar-refractivity contribution < 1.29 is 0 Å². The van der Waals surface area contributed by atoms with Crippen LogP contribution in [0.3, 0.4) is 0 Å². The van der Waals surface area contributed by atoms with Gasteiger partial charge in [0.15, 0.2) is 0 Å². The van der Waals surface area contributed by atoms with Crippen LogP contribution >= 0.6 is 0 Å². The predicted octanol–water partition coefficient (Wildman–Crippen LogP) is 14.8. The number of allylic oxidation sites excluding steroid dienone is 2. The Morgan fingerprint density at radius 1 is 0.490 bits per heavy atom. The van der Waals surface area contributed by atoms with Crippen LogP contribution in [0.15, 0.2) is 96.1 Å². The lowest BCUT2D eigenvalue weighted by Crippen LogP contribution is -2.32. The molecular formula is C50H60Si. The summed E-state index contributed by atoms with van der Waals surface area (Å²) in [5.74, 6) is 1.49. The lowest BCUT2D eigenvalue weighted by Gasteiger charge is -2.33. The third kappa shape index (κ3) is 6.58. The molecule has 0 aromatic heterocycles. The van der Waals surface area contributed by atoms with Crippen LogP contribution in [-0.2, 0) is 12.8 Å². The maximum Gasteiger partial charge on any atom is 0.113 e. The minimum atomic E-state index is -2.18. The van der Waals surface area contributed by atoms with Crippen LogP contribution in [0.2, 0.25) is 13.1 Å². The van der Waals surface area contributed by atoms with E-state index in [2.05, 4.69) is 112 Å². The summed E-state index contributed by atoms with van der Waals surface area (Å²) in [5, 5.41) is 3.51. The van der Waals surface area contributed by atoms with E-state index < -0.39 is 8.07 Å². The van der Waals surface area contributed by atoms with Crippen molar-refractivity contribution in [2.45, 2.75) is 142 Å². The van der Waals surface area contributed by atoms with Gasteiger partial charge in [-0.05, 0) is 129 Å². The largest absolute Gasteiger partial charge is 0.113 e. The standard InChI is InChI=1S/C50H60Si/c1-5-15-43-33-41-21-13-23-45(39-29-25-37(26-30-39)35-17-9-7-10-18-35)47(41)49(43)51(3,4)50-44(16-6-2)34-42-22-14-24-46(48(42)50)40-31-27-38(28-32-40)36-19-11-8-12-20-36/h13-14,21-32,35-36H,5-12,15-20,33-34H2,1-4H3. The molecule has 2 fully saturated rings. The molecule has 2 saturated carbocycles. The van der Waals surface area contributed by atoms with Gasteiger partial charge in [0, 0.05) is 0 Å². The first-order valence-corrected chi connectivity index (χ1v) is 23.9. The predicted molar refractivity (Wildman–Crippen MR) is 224 cm³/mol. The Bertz CT molecular complexity index is 1780. The van der Waals surface area contributed by atoms with Gasteiger partial charge < -0.3 is 0 Å². The normalized spacial score (nSPS) is 18.4. The average Bonchev–Trinajstić information content (AvgIpc) is 3.75. The molecule has 8 rings (SSSR count). The number of benzene rings is 4. The minimum Gasteiger partial charge on any atom is -0.0655 e. The summed E-state index contributed by atoms with van der Waals surface area (Å²) < 4.78 is 0. The molecule has 0 bridgehead atoms. The van der Waals surface area contributed by atoms with Crippen molar-refractivity contribution in [3.05, 3.63) is 129 Å². The third-order valence-corrected chi connectivity index (χ3v) is 17.0. The number of fused-ring (bicyclic) bond motifs is 2. The van der Waals surface area contributed by atoms with E-state index in [4.69, 9.17) is 0 Å². The van der Waals surface area contributed by atoms with Crippen molar-refractivity contribution in [3.63, 3.8) is 0 Å². The maximum absolute atomic E-state index is 2.72. The van der Waals surface area contributed by atoms with E-state index in [1.54, 1.807) is 54.9 Å². The highest BCUT2D eigenvalue weighted by Gasteiger charge is 2.43. The van der Waals surface area contributed by atoms with Crippen molar-refractivity contribution in [2.24, 2.45) is 0 Å². The van der Waals surface area contributed by atoms with Gasteiger partial charge in [0.2, 0.25) is 0 Å². The molecule has 0 saturated heterocycles. The Morgan fingerprint density at radius 2 is 0.882 bits per heavy atom. The molecule has 1 heteroatoms. The van der Waals surface area contributed by atoms with Gasteiger partial charge in [-0.3, -0.25) is 0 Å². The van der Waals surface area contributed by atoms with Crippen molar-refractivity contribution in [1.82, 2.24) is 0 Å². The lowest BCUT2D eigenvalue weighted by atomic mass is 9.83. The number of rotatable bonds is 10. The van der Waals surface area contributed by atoms with Gasteiger partial charge in [0.05, 0.1) is 0 Å². The highest BCUT2D eigenvalue weighted by Crippen LogP contribution is 2.54. The Balaban J connectivity index is 1.23. The molecule has 0 spiro atoms. The molecular weight excluding hydrogens is 629 g/mol. The fourth-order valence-electron chi connectivity index (χ4n) is 11.0. The van der Waals surface area contributed by atoms with Crippen LogP contribution in [0.1, 0.15) is 149 Å². The van der Waals surface area contributed by atoms with E-state index in [1.807, 2.05) is 0 Å². The molecule has 0 heterocycles. The summed E-state index contributed by atoms with van der Waals surface area (Å²) in [6, 6.07) is 34.2. The van der Waals surface area contributed by atoms with Gasteiger partial charge in [0.1, 0.15) is 8.07 Å². The fourth-order valence-corrected chi connectivity index (χ4v) is 15.2. The molecule has 0 atom stereocenters. The van der Waals surface area contributed by atoms with Crippen molar-refractivity contribution in [3.8, 4) is 22.3 Å². The molecule has 0 nitrogen and oxygen atoms in total. The highest BCUT2D eigenvalue weighted by molar-refractivity contribution is 7.09. The molecule has 264 valence electrons. The Labute approximate surface area is 310 Å². The topological polar surface area (TPSA) is 0 Å². The summed E-state index contributed by atoms with van der Waals surface area (Å²) in [4.78, 5) is 0. The quantitative estimate of drug-likeness (QED) is 0.146. The summed E-state index contributed by atoms with van der Waals surface area (Å²) in [6.45, 7) is 10.2. The molecule has 4 aliphatic carbocycles. The van der Waals surface area contributed by atoms with Crippen LogP contribution < -0.4 is 0 Å². The second kappa shape index (κ2) is 14.9. The molecule has 0 N–H and O–H groups in total. The van der Waals surface area contributed by atoms with E-state index in [1.165, 1.54) is 112 Å². The van der Waals surface area contributed by atoms with Gasteiger partial charge in [-0.2, -0.15) is 0 Å². The molecule has 0 aliphatic heterocycles. The SMILES string of the molecule is CCCC1=C([Si](C)(C)C2=C(CCC)Cc3cccc(-c4ccc(C5CCCCC5)cc4)c32)c2c(cccc2-c2ccc(C3CCCCC3)cc2)C1. The summed E-state index contributed by atoms with van der Waals surface area (Å²) in [6.07, 6.45) is 20.9. The molecule has 4 aliphatic rings. The first kappa shape index (κ1) is 34.7.